The molecular weight excluding hydrogens is 264 g/mol. The highest BCUT2D eigenvalue weighted by atomic mass is 79.9. The SMILES string of the molecule is CC(CS(C)=O)Nc1cncc(Br)c1. The lowest BCUT2D eigenvalue weighted by Gasteiger charge is -2.13. The number of rotatable bonds is 4. The number of anilines is 1. The molecule has 0 fully saturated rings. The van der Waals surface area contributed by atoms with Crippen molar-refractivity contribution in [3.8, 4) is 0 Å². The van der Waals surface area contributed by atoms with E-state index in [-0.39, 0.29) is 6.04 Å². The summed E-state index contributed by atoms with van der Waals surface area (Å²) in [5.41, 5.74) is 0.942. The van der Waals surface area contributed by atoms with Crippen LogP contribution >= 0.6 is 15.9 Å². The molecule has 78 valence electrons. The van der Waals surface area contributed by atoms with E-state index < -0.39 is 10.8 Å². The van der Waals surface area contributed by atoms with E-state index in [1.54, 1.807) is 18.6 Å². The van der Waals surface area contributed by atoms with Crippen LogP contribution in [0.3, 0.4) is 0 Å². The first-order valence-electron chi connectivity index (χ1n) is 4.25. The van der Waals surface area contributed by atoms with Crippen molar-refractivity contribution >= 4 is 32.4 Å². The highest BCUT2D eigenvalue weighted by Crippen LogP contribution is 2.14. The molecule has 1 rings (SSSR count). The van der Waals surface area contributed by atoms with E-state index in [0.29, 0.717) is 5.75 Å². The van der Waals surface area contributed by atoms with Crippen LogP contribution in [0.4, 0.5) is 5.69 Å². The Labute approximate surface area is 94.9 Å². The van der Waals surface area contributed by atoms with E-state index >= 15 is 0 Å². The summed E-state index contributed by atoms with van der Waals surface area (Å²) in [4.78, 5) is 4.03. The number of nitrogens with one attached hydrogen (secondary N) is 1. The lowest BCUT2D eigenvalue weighted by Crippen LogP contribution is -2.22. The highest BCUT2D eigenvalue weighted by molar-refractivity contribution is 9.10. The minimum Gasteiger partial charge on any atom is -0.380 e. The summed E-state index contributed by atoms with van der Waals surface area (Å²) in [7, 11) is -0.769. The van der Waals surface area contributed by atoms with Crippen LogP contribution in [-0.4, -0.2) is 27.2 Å². The van der Waals surface area contributed by atoms with Crippen LogP contribution < -0.4 is 5.32 Å². The summed E-state index contributed by atoms with van der Waals surface area (Å²) in [6.45, 7) is 2.00. The molecular formula is C9H13BrN2OS. The normalized spacial score (nSPS) is 14.8. The summed E-state index contributed by atoms with van der Waals surface area (Å²) in [5, 5.41) is 3.23. The van der Waals surface area contributed by atoms with Crippen LogP contribution in [-0.2, 0) is 10.8 Å². The molecule has 1 heterocycles. The van der Waals surface area contributed by atoms with Gasteiger partial charge in [-0.3, -0.25) is 9.19 Å². The minimum atomic E-state index is -0.769. The number of aromatic nitrogens is 1. The predicted octanol–water partition coefficient (Wildman–Crippen LogP) is 2.02. The van der Waals surface area contributed by atoms with E-state index in [2.05, 4.69) is 26.2 Å². The van der Waals surface area contributed by atoms with Gasteiger partial charge in [-0.25, -0.2) is 0 Å². The van der Waals surface area contributed by atoms with Gasteiger partial charge in [0.1, 0.15) is 0 Å². The van der Waals surface area contributed by atoms with Gasteiger partial charge in [0.25, 0.3) is 0 Å². The van der Waals surface area contributed by atoms with Gasteiger partial charge in [-0.15, -0.1) is 0 Å². The fourth-order valence-electron chi connectivity index (χ4n) is 1.17. The zero-order valence-corrected chi connectivity index (χ0v) is 10.6. The van der Waals surface area contributed by atoms with Crippen molar-refractivity contribution < 1.29 is 4.21 Å². The minimum absolute atomic E-state index is 0.192. The highest BCUT2D eigenvalue weighted by Gasteiger charge is 2.04. The third-order valence-electron chi connectivity index (χ3n) is 1.60. The molecule has 0 aliphatic carbocycles. The molecule has 1 aromatic rings. The lowest BCUT2D eigenvalue weighted by molar-refractivity contribution is 0.683. The van der Waals surface area contributed by atoms with Crippen molar-refractivity contribution in [3.63, 3.8) is 0 Å². The Kier molecular flexibility index (Phi) is 4.54. The molecule has 2 unspecified atom stereocenters. The van der Waals surface area contributed by atoms with Crippen molar-refractivity contribution in [1.29, 1.82) is 0 Å². The molecule has 0 bridgehead atoms. The Hall–Kier alpha value is -0.420. The van der Waals surface area contributed by atoms with Crippen LogP contribution in [0.5, 0.6) is 0 Å². The van der Waals surface area contributed by atoms with Crippen LogP contribution in [0.1, 0.15) is 6.92 Å². The Morgan fingerprint density at radius 1 is 1.64 bits per heavy atom. The van der Waals surface area contributed by atoms with Gasteiger partial charge in [-0.05, 0) is 28.9 Å². The molecule has 0 amide bonds. The molecule has 0 aromatic carbocycles. The van der Waals surface area contributed by atoms with Crippen molar-refractivity contribution in [1.82, 2.24) is 4.98 Å². The molecule has 0 aliphatic rings. The summed E-state index contributed by atoms with van der Waals surface area (Å²) >= 11 is 3.34. The van der Waals surface area contributed by atoms with Gasteiger partial charge < -0.3 is 5.32 Å². The first-order chi connectivity index (χ1) is 6.58. The summed E-state index contributed by atoms with van der Waals surface area (Å²) in [6, 6.07) is 2.14. The molecule has 2 atom stereocenters. The van der Waals surface area contributed by atoms with Gasteiger partial charge in [0.15, 0.2) is 0 Å². The maximum Gasteiger partial charge on any atom is 0.0540 e. The number of halogens is 1. The fourth-order valence-corrected chi connectivity index (χ4v) is 2.32. The van der Waals surface area contributed by atoms with Gasteiger partial charge in [0.2, 0.25) is 0 Å². The van der Waals surface area contributed by atoms with Crippen LogP contribution in [0, 0.1) is 0 Å². The number of hydrogen-bond donors (Lipinski definition) is 1. The first kappa shape index (κ1) is 11.7. The topological polar surface area (TPSA) is 42.0 Å². The number of hydrogen-bond acceptors (Lipinski definition) is 3. The van der Waals surface area contributed by atoms with Crippen LogP contribution in [0.25, 0.3) is 0 Å². The maximum atomic E-state index is 11.0. The first-order valence-corrected chi connectivity index (χ1v) is 6.77. The van der Waals surface area contributed by atoms with Gasteiger partial charge in [-0.1, -0.05) is 0 Å². The molecule has 14 heavy (non-hydrogen) atoms. The van der Waals surface area contributed by atoms with Crippen molar-refractivity contribution in [3.05, 3.63) is 22.9 Å². The Bertz CT molecular complexity index is 332. The second-order valence-electron chi connectivity index (χ2n) is 3.18. The quantitative estimate of drug-likeness (QED) is 0.915. The average Bonchev–Trinajstić information content (AvgIpc) is 2.01. The molecule has 1 N–H and O–H groups in total. The zero-order chi connectivity index (χ0) is 10.6. The molecule has 0 spiro atoms. The van der Waals surface area contributed by atoms with Crippen molar-refractivity contribution in [2.45, 2.75) is 13.0 Å². The van der Waals surface area contributed by atoms with E-state index in [9.17, 15) is 4.21 Å². The smallest absolute Gasteiger partial charge is 0.0540 e. The Morgan fingerprint density at radius 2 is 2.36 bits per heavy atom. The van der Waals surface area contributed by atoms with Crippen molar-refractivity contribution in [2.24, 2.45) is 0 Å². The molecule has 0 saturated heterocycles. The van der Waals surface area contributed by atoms with Crippen LogP contribution in [0.2, 0.25) is 0 Å². The standard InChI is InChI=1S/C9H13BrN2OS/c1-7(6-14(2)13)12-9-3-8(10)4-11-5-9/h3-5,7,12H,6H2,1-2H3. The molecule has 0 aliphatic heterocycles. The third kappa shape index (κ3) is 4.19. The molecule has 0 radical (unpaired) electrons. The Balaban J connectivity index is 2.55. The van der Waals surface area contributed by atoms with E-state index in [4.69, 9.17) is 0 Å². The van der Waals surface area contributed by atoms with Crippen LogP contribution in [0.15, 0.2) is 22.9 Å². The summed E-state index contributed by atoms with van der Waals surface area (Å²) < 4.78 is 11.9. The average molecular weight is 277 g/mol. The molecule has 5 heteroatoms. The summed E-state index contributed by atoms with van der Waals surface area (Å²) in [6.07, 6.45) is 5.19. The second-order valence-corrected chi connectivity index (χ2v) is 5.57. The predicted molar refractivity (Wildman–Crippen MR) is 64.0 cm³/mol. The zero-order valence-electron chi connectivity index (χ0n) is 8.16. The van der Waals surface area contributed by atoms with E-state index in [0.717, 1.165) is 10.2 Å². The summed E-state index contributed by atoms with van der Waals surface area (Å²) in [5.74, 6) is 0.645. The number of pyridine rings is 1. The van der Waals surface area contributed by atoms with Gasteiger partial charge >= 0.3 is 0 Å². The van der Waals surface area contributed by atoms with Crippen molar-refractivity contribution in [2.75, 3.05) is 17.3 Å². The monoisotopic (exact) mass is 276 g/mol. The maximum absolute atomic E-state index is 11.0. The fraction of sp³-hybridized carbons (Fsp3) is 0.444. The third-order valence-corrected chi connectivity index (χ3v) is 3.01. The molecule has 0 saturated carbocycles. The van der Waals surface area contributed by atoms with E-state index in [1.165, 1.54) is 0 Å². The lowest BCUT2D eigenvalue weighted by atomic mass is 10.3. The molecule has 1 aromatic heterocycles. The largest absolute Gasteiger partial charge is 0.380 e. The Morgan fingerprint density at radius 3 is 2.93 bits per heavy atom. The number of nitrogens with zero attached hydrogens (tertiary/aromatic N) is 1. The van der Waals surface area contributed by atoms with Gasteiger partial charge in [0, 0.05) is 39.5 Å². The van der Waals surface area contributed by atoms with Gasteiger partial charge in [-0.2, -0.15) is 0 Å². The van der Waals surface area contributed by atoms with E-state index in [1.807, 2.05) is 13.0 Å². The second kappa shape index (κ2) is 5.46. The molecule has 3 nitrogen and oxygen atoms in total. The van der Waals surface area contributed by atoms with Gasteiger partial charge in [0.05, 0.1) is 11.9 Å².